The van der Waals surface area contributed by atoms with E-state index in [2.05, 4.69) is 26.9 Å². The van der Waals surface area contributed by atoms with Crippen molar-refractivity contribution in [2.75, 3.05) is 33.2 Å². The highest BCUT2D eigenvalue weighted by Crippen LogP contribution is 2.30. The van der Waals surface area contributed by atoms with Gasteiger partial charge in [0.25, 0.3) is 0 Å². The smallest absolute Gasteiger partial charge is 0.132 e. The first-order chi connectivity index (χ1) is 15.2. The van der Waals surface area contributed by atoms with Gasteiger partial charge in [-0.25, -0.2) is 14.1 Å². The molecule has 0 amide bonds. The molecular weight excluding hydrogens is 391 g/mol. The Bertz CT molecular complexity index is 1140. The molecule has 1 saturated heterocycles. The Morgan fingerprint density at radius 1 is 0.935 bits per heavy atom. The molecule has 0 N–H and O–H groups in total. The van der Waals surface area contributed by atoms with Gasteiger partial charge in [0.15, 0.2) is 0 Å². The zero-order valence-electron chi connectivity index (χ0n) is 17.5. The zero-order valence-corrected chi connectivity index (χ0v) is 17.5. The minimum Gasteiger partial charge on any atom is -0.306 e. The number of benzene rings is 2. The normalized spacial score (nSPS) is 15.4. The maximum Gasteiger partial charge on any atom is 0.132 e. The van der Waals surface area contributed by atoms with Crippen molar-refractivity contribution in [1.82, 2.24) is 29.1 Å². The molecule has 0 bridgehead atoms. The van der Waals surface area contributed by atoms with E-state index in [-0.39, 0.29) is 5.82 Å². The third kappa shape index (κ3) is 4.02. The van der Waals surface area contributed by atoms with Gasteiger partial charge in [-0.15, -0.1) is 0 Å². The first-order valence-corrected chi connectivity index (χ1v) is 10.5. The van der Waals surface area contributed by atoms with Crippen LogP contribution in [0.4, 0.5) is 4.39 Å². The van der Waals surface area contributed by atoms with Crippen molar-refractivity contribution >= 4 is 0 Å². The highest BCUT2D eigenvalue weighted by atomic mass is 19.1. The van der Waals surface area contributed by atoms with Crippen molar-refractivity contribution in [3.63, 3.8) is 0 Å². The summed E-state index contributed by atoms with van der Waals surface area (Å²) >= 11 is 0. The van der Waals surface area contributed by atoms with Crippen LogP contribution in [-0.4, -0.2) is 62.4 Å². The van der Waals surface area contributed by atoms with E-state index in [0.29, 0.717) is 5.56 Å². The van der Waals surface area contributed by atoms with E-state index in [1.165, 1.54) is 6.07 Å². The predicted octanol–water partition coefficient (Wildman–Crippen LogP) is 3.61. The van der Waals surface area contributed by atoms with Crippen LogP contribution in [-0.2, 0) is 6.54 Å². The number of piperazine rings is 1. The SMILES string of the molecule is CN1CCN(Cc2cnn(-c3ccc(-n4ccnc4)cc3)c2-c2ccccc2F)CC1. The molecule has 0 aliphatic carbocycles. The molecule has 31 heavy (non-hydrogen) atoms. The second-order valence-electron chi connectivity index (χ2n) is 7.98. The highest BCUT2D eigenvalue weighted by molar-refractivity contribution is 5.66. The van der Waals surface area contributed by atoms with Crippen LogP contribution in [0.5, 0.6) is 0 Å². The van der Waals surface area contributed by atoms with Gasteiger partial charge in [-0.1, -0.05) is 12.1 Å². The largest absolute Gasteiger partial charge is 0.306 e. The van der Waals surface area contributed by atoms with Crippen LogP contribution in [0.25, 0.3) is 22.6 Å². The fourth-order valence-corrected chi connectivity index (χ4v) is 4.06. The lowest BCUT2D eigenvalue weighted by atomic mass is 10.1. The summed E-state index contributed by atoms with van der Waals surface area (Å²) in [6.07, 6.45) is 7.30. The Balaban J connectivity index is 1.53. The highest BCUT2D eigenvalue weighted by Gasteiger charge is 2.21. The van der Waals surface area contributed by atoms with Crippen LogP contribution in [0.1, 0.15) is 5.56 Å². The van der Waals surface area contributed by atoms with Crippen molar-refractivity contribution in [3.8, 4) is 22.6 Å². The average molecular weight is 417 g/mol. The van der Waals surface area contributed by atoms with E-state index in [9.17, 15) is 4.39 Å². The van der Waals surface area contributed by atoms with Crippen LogP contribution < -0.4 is 0 Å². The fourth-order valence-electron chi connectivity index (χ4n) is 4.06. The van der Waals surface area contributed by atoms with Gasteiger partial charge in [-0.05, 0) is 43.4 Å². The van der Waals surface area contributed by atoms with Gasteiger partial charge in [0.2, 0.25) is 0 Å². The van der Waals surface area contributed by atoms with Gasteiger partial charge in [0.05, 0.1) is 23.9 Å². The summed E-state index contributed by atoms with van der Waals surface area (Å²) in [5.41, 5.74) is 4.33. The van der Waals surface area contributed by atoms with Crippen LogP contribution in [0, 0.1) is 5.82 Å². The Morgan fingerprint density at radius 2 is 1.68 bits per heavy atom. The van der Waals surface area contributed by atoms with Crippen molar-refractivity contribution in [1.29, 1.82) is 0 Å². The lowest BCUT2D eigenvalue weighted by Gasteiger charge is -2.32. The molecule has 0 spiro atoms. The van der Waals surface area contributed by atoms with Crippen molar-refractivity contribution in [2.24, 2.45) is 0 Å². The van der Waals surface area contributed by atoms with E-state index in [4.69, 9.17) is 0 Å². The number of nitrogens with zero attached hydrogens (tertiary/aromatic N) is 6. The summed E-state index contributed by atoms with van der Waals surface area (Å²) in [5, 5.41) is 4.67. The predicted molar refractivity (Wildman–Crippen MR) is 119 cm³/mol. The summed E-state index contributed by atoms with van der Waals surface area (Å²) in [4.78, 5) is 8.85. The van der Waals surface area contributed by atoms with Gasteiger partial charge in [-0.3, -0.25) is 4.90 Å². The van der Waals surface area contributed by atoms with E-state index < -0.39 is 0 Å². The van der Waals surface area contributed by atoms with Crippen LogP contribution >= 0.6 is 0 Å². The monoisotopic (exact) mass is 416 g/mol. The number of likely N-dealkylation sites (N-methyl/N-ethyl adjacent to an activating group) is 1. The lowest BCUT2D eigenvalue weighted by molar-refractivity contribution is 0.148. The number of hydrogen-bond acceptors (Lipinski definition) is 4. The molecule has 0 unspecified atom stereocenters. The van der Waals surface area contributed by atoms with E-state index in [1.54, 1.807) is 18.6 Å². The van der Waals surface area contributed by atoms with Gasteiger partial charge in [0.1, 0.15) is 5.82 Å². The number of hydrogen-bond donors (Lipinski definition) is 0. The Kier molecular flexibility index (Phi) is 5.36. The Morgan fingerprint density at radius 3 is 2.39 bits per heavy atom. The van der Waals surface area contributed by atoms with Gasteiger partial charge in [-0.2, -0.15) is 5.10 Å². The minimum atomic E-state index is -0.237. The van der Waals surface area contributed by atoms with Crippen molar-refractivity contribution < 1.29 is 4.39 Å². The summed E-state index contributed by atoms with van der Waals surface area (Å²) in [7, 11) is 2.15. The van der Waals surface area contributed by atoms with E-state index in [0.717, 1.165) is 55.4 Å². The molecule has 7 heteroatoms. The van der Waals surface area contributed by atoms with Gasteiger partial charge < -0.3 is 9.47 Å². The number of rotatable bonds is 5. The standard InChI is InChI=1S/C24H25FN6/c1-28-12-14-29(15-13-28)17-19-16-27-31(24(19)22-4-2-3-5-23(22)25)21-8-6-20(7-9-21)30-11-10-26-18-30/h2-11,16,18H,12-15,17H2,1H3. The lowest BCUT2D eigenvalue weighted by Crippen LogP contribution is -2.43. The molecule has 0 saturated carbocycles. The third-order valence-corrected chi connectivity index (χ3v) is 5.86. The molecule has 1 aliphatic rings. The minimum absolute atomic E-state index is 0.237. The van der Waals surface area contributed by atoms with Gasteiger partial charge in [0, 0.05) is 61.9 Å². The second kappa shape index (κ2) is 8.45. The van der Waals surface area contributed by atoms with Gasteiger partial charge >= 0.3 is 0 Å². The van der Waals surface area contributed by atoms with Crippen molar-refractivity contribution in [3.05, 3.63) is 84.8 Å². The Hall–Kier alpha value is -3.29. The summed E-state index contributed by atoms with van der Waals surface area (Å²) in [6, 6.07) is 15.0. The molecule has 1 fully saturated rings. The number of imidazole rings is 1. The van der Waals surface area contributed by atoms with Crippen LogP contribution in [0.2, 0.25) is 0 Å². The van der Waals surface area contributed by atoms with Crippen LogP contribution in [0.3, 0.4) is 0 Å². The molecular formula is C24H25FN6. The molecule has 6 nitrogen and oxygen atoms in total. The molecule has 158 valence electrons. The molecule has 1 aliphatic heterocycles. The fraction of sp³-hybridized carbons (Fsp3) is 0.250. The molecule has 4 aromatic rings. The molecule has 2 aromatic carbocycles. The Labute approximate surface area is 181 Å². The molecule has 3 heterocycles. The van der Waals surface area contributed by atoms with E-state index in [1.807, 2.05) is 58.0 Å². The molecule has 5 rings (SSSR count). The maximum absolute atomic E-state index is 14.8. The summed E-state index contributed by atoms with van der Waals surface area (Å²) in [6.45, 7) is 4.83. The maximum atomic E-state index is 14.8. The van der Waals surface area contributed by atoms with Crippen molar-refractivity contribution in [2.45, 2.75) is 6.54 Å². The van der Waals surface area contributed by atoms with Crippen LogP contribution in [0.15, 0.2) is 73.4 Å². The molecule has 0 atom stereocenters. The number of aromatic nitrogens is 4. The first-order valence-electron chi connectivity index (χ1n) is 10.5. The second-order valence-corrected chi connectivity index (χ2v) is 7.98. The first kappa shape index (κ1) is 19.7. The molecule has 0 radical (unpaired) electrons. The third-order valence-electron chi connectivity index (χ3n) is 5.86. The quantitative estimate of drug-likeness (QED) is 0.499. The summed E-state index contributed by atoms with van der Waals surface area (Å²) in [5.74, 6) is -0.237. The average Bonchev–Trinajstić information content (AvgIpc) is 3.47. The van der Waals surface area contributed by atoms with E-state index >= 15 is 0 Å². The zero-order chi connectivity index (χ0) is 21.2. The topological polar surface area (TPSA) is 42.1 Å². The summed E-state index contributed by atoms with van der Waals surface area (Å²) < 4.78 is 18.6. The molecule has 2 aromatic heterocycles. The number of halogens is 1.